The zero-order valence-electron chi connectivity index (χ0n) is 13.6. The second-order valence-electron chi connectivity index (χ2n) is 4.94. The van der Waals surface area contributed by atoms with Gasteiger partial charge < -0.3 is 10.2 Å². The Morgan fingerprint density at radius 1 is 1.18 bits per heavy atom. The molecule has 1 aromatic carbocycles. The number of carbonyl (C=O) groups excluding carboxylic acids is 1. The Bertz CT molecular complexity index is 610. The van der Waals surface area contributed by atoms with Crippen molar-refractivity contribution in [2.45, 2.75) is 27.7 Å². The highest BCUT2D eigenvalue weighted by Crippen LogP contribution is 2.22. The topological polar surface area (TPSA) is 78.5 Å². The molecule has 1 aromatic rings. The number of amides is 1. The number of aryl methyl sites for hydroxylation is 1. The van der Waals surface area contributed by atoms with Gasteiger partial charge in [-0.2, -0.15) is 0 Å². The van der Waals surface area contributed by atoms with Crippen LogP contribution in [0.4, 0.5) is 11.4 Å². The fourth-order valence-electron chi connectivity index (χ4n) is 2.05. The molecule has 2 N–H and O–H groups in total. The quantitative estimate of drug-likeness (QED) is 0.762. The Hall–Kier alpha value is -1.60. The lowest BCUT2D eigenvalue weighted by atomic mass is 10.1. The average Bonchev–Trinajstić information content (AvgIpc) is 2.49. The summed E-state index contributed by atoms with van der Waals surface area (Å²) in [6.07, 6.45) is 0. The van der Waals surface area contributed by atoms with E-state index in [-0.39, 0.29) is 18.2 Å². The van der Waals surface area contributed by atoms with Crippen LogP contribution < -0.4 is 14.9 Å². The second-order valence-corrected chi connectivity index (χ2v) is 7.04. The monoisotopic (exact) mass is 327 g/mol. The molecule has 0 aliphatic rings. The summed E-state index contributed by atoms with van der Waals surface area (Å²) in [5.41, 5.74) is 2.74. The summed E-state index contributed by atoms with van der Waals surface area (Å²) < 4.78 is 24.9. The van der Waals surface area contributed by atoms with Crippen LogP contribution in [0.25, 0.3) is 0 Å². The lowest BCUT2D eigenvalue weighted by Crippen LogP contribution is -2.33. The van der Waals surface area contributed by atoms with Crippen molar-refractivity contribution in [3.63, 3.8) is 0 Å². The summed E-state index contributed by atoms with van der Waals surface area (Å²) >= 11 is 0. The first kappa shape index (κ1) is 18.4. The molecule has 1 rings (SSSR count). The highest BCUT2D eigenvalue weighted by molar-refractivity contribution is 7.89. The van der Waals surface area contributed by atoms with E-state index in [1.807, 2.05) is 25.1 Å². The molecular formula is C15H25N3O3S. The Labute approximate surface area is 132 Å². The number of nitrogens with one attached hydrogen (secondary N) is 2. The smallest absolute Gasteiger partial charge is 0.239 e. The predicted octanol–water partition coefficient (Wildman–Crippen LogP) is 1.72. The largest absolute Gasteiger partial charge is 0.372 e. The van der Waals surface area contributed by atoms with Crippen molar-refractivity contribution in [2.24, 2.45) is 0 Å². The summed E-state index contributed by atoms with van der Waals surface area (Å²) in [6.45, 7) is 9.20. The number of sulfonamides is 1. The van der Waals surface area contributed by atoms with Crippen molar-refractivity contribution in [3.8, 4) is 0 Å². The van der Waals surface area contributed by atoms with Gasteiger partial charge in [0.15, 0.2) is 0 Å². The van der Waals surface area contributed by atoms with Gasteiger partial charge >= 0.3 is 0 Å². The first-order valence-corrected chi connectivity index (χ1v) is 9.11. The molecule has 22 heavy (non-hydrogen) atoms. The van der Waals surface area contributed by atoms with Crippen LogP contribution in [0.3, 0.4) is 0 Å². The van der Waals surface area contributed by atoms with Gasteiger partial charge in [0.2, 0.25) is 15.9 Å². The number of rotatable bonds is 8. The molecule has 0 radical (unpaired) electrons. The predicted molar refractivity (Wildman–Crippen MR) is 90.8 cm³/mol. The van der Waals surface area contributed by atoms with Crippen LogP contribution in [0, 0.1) is 6.92 Å². The van der Waals surface area contributed by atoms with Crippen LogP contribution in [0.2, 0.25) is 0 Å². The van der Waals surface area contributed by atoms with Crippen molar-refractivity contribution in [2.75, 3.05) is 35.6 Å². The van der Waals surface area contributed by atoms with E-state index in [4.69, 9.17) is 0 Å². The van der Waals surface area contributed by atoms with Gasteiger partial charge in [0, 0.05) is 24.5 Å². The average molecular weight is 327 g/mol. The van der Waals surface area contributed by atoms with Crippen molar-refractivity contribution in [1.82, 2.24) is 4.72 Å². The van der Waals surface area contributed by atoms with Gasteiger partial charge in [0.25, 0.3) is 0 Å². The molecule has 0 spiro atoms. The van der Waals surface area contributed by atoms with E-state index in [0.717, 1.165) is 24.3 Å². The van der Waals surface area contributed by atoms with E-state index >= 15 is 0 Å². The number of hydrogen-bond donors (Lipinski definition) is 2. The fourth-order valence-corrected chi connectivity index (χ4v) is 2.60. The maximum absolute atomic E-state index is 11.8. The molecule has 0 bridgehead atoms. The molecule has 1 amide bonds. The molecule has 124 valence electrons. The zero-order valence-corrected chi connectivity index (χ0v) is 14.5. The fraction of sp³-hybridized carbons (Fsp3) is 0.533. The van der Waals surface area contributed by atoms with Gasteiger partial charge in [0.1, 0.15) is 0 Å². The molecule has 0 aliphatic heterocycles. The zero-order chi connectivity index (χ0) is 16.8. The number of carbonyl (C=O) groups is 1. The number of hydrogen-bond acceptors (Lipinski definition) is 4. The first-order chi connectivity index (χ1) is 10.3. The van der Waals surface area contributed by atoms with Crippen LogP contribution in [0.5, 0.6) is 0 Å². The van der Waals surface area contributed by atoms with Crippen LogP contribution in [0.15, 0.2) is 18.2 Å². The van der Waals surface area contributed by atoms with E-state index in [0.29, 0.717) is 5.69 Å². The van der Waals surface area contributed by atoms with Gasteiger partial charge in [-0.1, -0.05) is 0 Å². The lowest BCUT2D eigenvalue weighted by molar-refractivity contribution is -0.115. The second kappa shape index (κ2) is 8.14. The van der Waals surface area contributed by atoms with Crippen LogP contribution in [-0.2, 0) is 14.8 Å². The molecule has 0 saturated carbocycles. The standard InChI is InChI=1S/C15H25N3O3S/c1-5-18(6-2)13-8-9-14(12(4)10-13)17-15(19)11-16-22(20,21)7-3/h8-10,16H,5-7,11H2,1-4H3,(H,17,19). The molecule has 0 heterocycles. The van der Waals surface area contributed by atoms with E-state index in [2.05, 4.69) is 28.8 Å². The van der Waals surface area contributed by atoms with Crippen LogP contribution >= 0.6 is 0 Å². The van der Waals surface area contributed by atoms with Crippen LogP contribution in [0.1, 0.15) is 26.3 Å². The highest BCUT2D eigenvalue weighted by atomic mass is 32.2. The molecule has 0 aliphatic carbocycles. The molecule has 0 saturated heterocycles. The lowest BCUT2D eigenvalue weighted by Gasteiger charge is -2.22. The van der Waals surface area contributed by atoms with E-state index in [1.165, 1.54) is 6.92 Å². The minimum atomic E-state index is -3.36. The highest BCUT2D eigenvalue weighted by Gasteiger charge is 2.11. The van der Waals surface area contributed by atoms with E-state index < -0.39 is 10.0 Å². The van der Waals surface area contributed by atoms with Crippen molar-refractivity contribution < 1.29 is 13.2 Å². The van der Waals surface area contributed by atoms with Crippen molar-refractivity contribution in [3.05, 3.63) is 23.8 Å². The summed E-state index contributed by atoms with van der Waals surface area (Å²) in [6, 6.07) is 5.81. The third-order valence-electron chi connectivity index (χ3n) is 3.45. The van der Waals surface area contributed by atoms with Gasteiger partial charge in [-0.25, -0.2) is 13.1 Å². The molecule has 0 unspecified atom stereocenters. The number of benzene rings is 1. The number of anilines is 2. The molecule has 6 nitrogen and oxygen atoms in total. The Kier molecular flexibility index (Phi) is 6.83. The Balaban J connectivity index is 2.72. The summed E-state index contributed by atoms with van der Waals surface area (Å²) in [7, 11) is -3.36. The van der Waals surface area contributed by atoms with Crippen molar-refractivity contribution in [1.29, 1.82) is 0 Å². The van der Waals surface area contributed by atoms with Gasteiger partial charge in [-0.15, -0.1) is 0 Å². The van der Waals surface area contributed by atoms with E-state index in [1.54, 1.807) is 0 Å². The first-order valence-electron chi connectivity index (χ1n) is 7.45. The van der Waals surface area contributed by atoms with Gasteiger partial charge in [-0.05, 0) is 51.5 Å². The van der Waals surface area contributed by atoms with Crippen LogP contribution in [-0.4, -0.2) is 39.7 Å². The normalized spacial score (nSPS) is 11.3. The molecule has 0 atom stereocenters. The maximum atomic E-state index is 11.8. The van der Waals surface area contributed by atoms with Gasteiger partial charge in [0.05, 0.1) is 12.3 Å². The minimum absolute atomic E-state index is 0.0438. The third kappa shape index (κ3) is 5.31. The number of nitrogens with zero attached hydrogens (tertiary/aromatic N) is 1. The third-order valence-corrected chi connectivity index (χ3v) is 4.79. The Morgan fingerprint density at radius 2 is 1.82 bits per heavy atom. The van der Waals surface area contributed by atoms with Gasteiger partial charge in [-0.3, -0.25) is 4.79 Å². The summed E-state index contributed by atoms with van der Waals surface area (Å²) in [5.74, 6) is -0.423. The van der Waals surface area contributed by atoms with E-state index in [9.17, 15) is 13.2 Å². The van der Waals surface area contributed by atoms with Crippen molar-refractivity contribution >= 4 is 27.3 Å². The minimum Gasteiger partial charge on any atom is -0.372 e. The maximum Gasteiger partial charge on any atom is 0.239 e. The summed E-state index contributed by atoms with van der Waals surface area (Å²) in [4.78, 5) is 14.0. The molecule has 0 fully saturated rings. The molecule has 0 aromatic heterocycles. The molecule has 7 heteroatoms. The summed E-state index contributed by atoms with van der Waals surface area (Å²) in [5, 5.41) is 2.72. The Morgan fingerprint density at radius 3 is 2.32 bits per heavy atom. The molecular weight excluding hydrogens is 302 g/mol. The SMILES string of the molecule is CCN(CC)c1ccc(NC(=O)CNS(=O)(=O)CC)c(C)c1.